The molecule has 1 aromatic rings. The Morgan fingerprint density at radius 1 is 1.47 bits per heavy atom. The normalized spacial score (nSPS) is 16.5. The van der Waals surface area contributed by atoms with Gasteiger partial charge in [0.05, 0.1) is 26.4 Å². The van der Waals surface area contributed by atoms with E-state index in [1.54, 1.807) is 7.11 Å². The van der Waals surface area contributed by atoms with E-state index in [2.05, 4.69) is 23.5 Å². The summed E-state index contributed by atoms with van der Waals surface area (Å²) in [4.78, 5) is 0. The van der Waals surface area contributed by atoms with Crippen molar-refractivity contribution in [3.05, 3.63) is 29.3 Å². The molecule has 0 radical (unpaired) electrons. The molecule has 0 aromatic heterocycles. The Labute approximate surface area is 114 Å². The molecule has 1 fully saturated rings. The molecule has 1 saturated heterocycles. The number of rotatable bonds is 6. The van der Waals surface area contributed by atoms with Crippen LogP contribution in [-0.4, -0.2) is 33.4 Å². The molecule has 0 unspecified atom stereocenters. The monoisotopic (exact) mass is 260 g/mol. The minimum Gasteiger partial charge on any atom is -0.496 e. The molecule has 0 amide bonds. The minimum absolute atomic E-state index is 0.296. The van der Waals surface area contributed by atoms with Crippen molar-refractivity contribution < 1.29 is 9.47 Å². The summed E-state index contributed by atoms with van der Waals surface area (Å²) in [5.74, 6) is 0.923. The number of benzene rings is 1. The second-order valence-corrected chi connectivity index (χ2v) is 5.12. The third-order valence-electron chi connectivity index (χ3n) is 3.51. The van der Waals surface area contributed by atoms with Gasteiger partial charge in [0.25, 0.3) is 0 Å². The van der Waals surface area contributed by atoms with Gasteiger partial charge >= 0.3 is 0 Å². The van der Waals surface area contributed by atoms with Crippen LogP contribution in [0.3, 0.4) is 0 Å². The van der Waals surface area contributed by atoms with Crippen molar-refractivity contribution in [1.82, 2.24) is 5.32 Å². The van der Waals surface area contributed by atoms with Crippen molar-refractivity contribution in [3.8, 4) is 11.8 Å². The van der Waals surface area contributed by atoms with Crippen LogP contribution in [0.4, 0.5) is 0 Å². The smallest absolute Gasteiger partial charge is 0.121 e. The molecule has 1 aliphatic rings. The fourth-order valence-electron chi connectivity index (χ4n) is 2.21. The topological polar surface area (TPSA) is 54.3 Å². The maximum Gasteiger partial charge on any atom is 0.121 e. The van der Waals surface area contributed by atoms with E-state index in [0.717, 1.165) is 24.3 Å². The quantitative estimate of drug-likeness (QED) is 0.791. The molecule has 0 atom stereocenters. The Kier molecular flexibility index (Phi) is 4.41. The molecule has 0 spiro atoms. The zero-order chi connectivity index (χ0) is 13.7. The number of nitrogens with zero attached hydrogens (tertiary/aromatic N) is 1. The van der Waals surface area contributed by atoms with Gasteiger partial charge in [-0.05, 0) is 37.1 Å². The highest BCUT2D eigenvalue weighted by atomic mass is 16.5. The molecular formula is C15H20N2O2. The van der Waals surface area contributed by atoms with E-state index in [-0.39, 0.29) is 5.41 Å². The van der Waals surface area contributed by atoms with Crippen molar-refractivity contribution in [3.63, 3.8) is 0 Å². The van der Waals surface area contributed by atoms with Crippen LogP contribution in [0.25, 0.3) is 0 Å². The van der Waals surface area contributed by atoms with Crippen LogP contribution < -0.4 is 10.1 Å². The van der Waals surface area contributed by atoms with Crippen molar-refractivity contribution in [2.45, 2.75) is 13.3 Å². The highest BCUT2D eigenvalue weighted by molar-refractivity contribution is 5.36. The Morgan fingerprint density at radius 2 is 2.26 bits per heavy atom. The minimum atomic E-state index is -0.296. The van der Waals surface area contributed by atoms with E-state index < -0.39 is 0 Å². The maximum absolute atomic E-state index is 9.06. The molecule has 0 saturated carbocycles. The first-order chi connectivity index (χ1) is 9.19. The van der Waals surface area contributed by atoms with Gasteiger partial charge in [-0.3, -0.25) is 0 Å². The van der Waals surface area contributed by atoms with Gasteiger partial charge in [-0.1, -0.05) is 12.1 Å². The lowest BCUT2D eigenvalue weighted by Gasteiger charge is -2.35. The summed E-state index contributed by atoms with van der Waals surface area (Å²) in [6, 6.07) is 8.56. The van der Waals surface area contributed by atoms with E-state index in [9.17, 15) is 0 Å². The van der Waals surface area contributed by atoms with Crippen molar-refractivity contribution in [2.75, 3.05) is 33.4 Å². The number of nitrogens with one attached hydrogen (secondary N) is 1. The summed E-state index contributed by atoms with van der Waals surface area (Å²) in [7, 11) is 1.69. The fraction of sp³-hybridized carbons (Fsp3) is 0.533. The number of aryl methyl sites for hydroxylation is 1. The third-order valence-corrected chi connectivity index (χ3v) is 3.51. The lowest BCUT2D eigenvalue weighted by molar-refractivity contribution is -0.0752. The van der Waals surface area contributed by atoms with E-state index in [1.807, 2.05) is 13.0 Å². The SMILES string of the molecule is COc1ccc(CCNCC2(C#N)COC2)cc1C. The van der Waals surface area contributed by atoms with Gasteiger partial charge in [-0.2, -0.15) is 5.26 Å². The van der Waals surface area contributed by atoms with E-state index >= 15 is 0 Å². The van der Waals surface area contributed by atoms with Crippen LogP contribution in [0, 0.1) is 23.7 Å². The van der Waals surface area contributed by atoms with Gasteiger partial charge in [0.15, 0.2) is 0 Å². The Hall–Kier alpha value is -1.57. The van der Waals surface area contributed by atoms with Crippen molar-refractivity contribution >= 4 is 0 Å². The van der Waals surface area contributed by atoms with Gasteiger partial charge < -0.3 is 14.8 Å². The predicted molar refractivity (Wildman–Crippen MR) is 73.2 cm³/mol. The molecule has 102 valence electrons. The predicted octanol–water partition coefficient (Wildman–Crippen LogP) is 1.68. The summed E-state index contributed by atoms with van der Waals surface area (Å²) < 4.78 is 10.4. The van der Waals surface area contributed by atoms with E-state index in [4.69, 9.17) is 14.7 Å². The number of hydrogen-bond donors (Lipinski definition) is 1. The lowest BCUT2D eigenvalue weighted by Crippen LogP contribution is -2.48. The first kappa shape index (κ1) is 13.9. The third kappa shape index (κ3) is 3.25. The van der Waals surface area contributed by atoms with Gasteiger partial charge in [-0.25, -0.2) is 0 Å². The maximum atomic E-state index is 9.06. The summed E-state index contributed by atoms with van der Waals surface area (Å²) in [6.07, 6.45) is 0.952. The number of ether oxygens (including phenoxy) is 2. The zero-order valence-electron chi connectivity index (χ0n) is 11.5. The highest BCUT2D eigenvalue weighted by Crippen LogP contribution is 2.25. The average molecular weight is 260 g/mol. The fourth-order valence-corrected chi connectivity index (χ4v) is 2.21. The van der Waals surface area contributed by atoms with Gasteiger partial charge in [0, 0.05) is 6.54 Å². The molecular weight excluding hydrogens is 240 g/mol. The summed E-state index contributed by atoms with van der Waals surface area (Å²) in [5, 5.41) is 12.4. The number of methoxy groups -OCH3 is 1. The molecule has 2 rings (SSSR count). The number of nitriles is 1. The van der Waals surface area contributed by atoms with Gasteiger partial charge in [-0.15, -0.1) is 0 Å². The molecule has 1 aromatic carbocycles. The van der Waals surface area contributed by atoms with E-state index in [0.29, 0.717) is 19.8 Å². The highest BCUT2D eigenvalue weighted by Gasteiger charge is 2.38. The Balaban J connectivity index is 1.77. The molecule has 1 aliphatic heterocycles. The van der Waals surface area contributed by atoms with E-state index in [1.165, 1.54) is 5.56 Å². The summed E-state index contributed by atoms with van der Waals surface area (Å²) in [6.45, 7) is 4.73. The average Bonchev–Trinajstić information content (AvgIpc) is 2.37. The van der Waals surface area contributed by atoms with Crippen molar-refractivity contribution in [2.24, 2.45) is 5.41 Å². The zero-order valence-corrected chi connectivity index (χ0v) is 11.5. The van der Waals surface area contributed by atoms with Crippen LogP contribution >= 0.6 is 0 Å². The van der Waals surface area contributed by atoms with Gasteiger partial charge in [0.1, 0.15) is 11.2 Å². The largest absolute Gasteiger partial charge is 0.496 e. The summed E-state index contributed by atoms with van der Waals surface area (Å²) in [5.41, 5.74) is 2.14. The Bertz CT molecular complexity index is 476. The molecule has 4 heteroatoms. The second kappa shape index (κ2) is 6.05. The molecule has 19 heavy (non-hydrogen) atoms. The molecule has 0 aliphatic carbocycles. The second-order valence-electron chi connectivity index (χ2n) is 5.12. The Morgan fingerprint density at radius 3 is 2.79 bits per heavy atom. The van der Waals surface area contributed by atoms with Crippen LogP contribution in [0.5, 0.6) is 5.75 Å². The van der Waals surface area contributed by atoms with Crippen LogP contribution in [0.2, 0.25) is 0 Å². The van der Waals surface area contributed by atoms with Crippen LogP contribution in [-0.2, 0) is 11.2 Å². The molecule has 0 bridgehead atoms. The molecule has 4 nitrogen and oxygen atoms in total. The standard InChI is InChI=1S/C15H20N2O2/c1-12-7-13(3-4-14(12)18-2)5-6-17-9-15(8-16)10-19-11-15/h3-4,7,17H,5-6,9-11H2,1-2H3. The summed E-state index contributed by atoms with van der Waals surface area (Å²) >= 11 is 0. The lowest BCUT2D eigenvalue weighted by atomic mass is 9.88. The van der Waals surface area contributed by atoms with Crippen LogP contribution in [0.1, 0.15) is 11.1 Å². The van der Waals surface area contributed by atoms with Crippen molar-refractivity contribution in [1.29, 1.82) is 5.26 Å². The van der Waals surface area contributed by atoms with Crippen LogP contribution in [0.15, 0.2) is 18.2 Å². The first-order valence-corrected chi connectivity index (χ1v) is 6.52. The first-order valence-electron chi connectivity index (χ1n) is 6.52. The molecule has 1 heterocycles. The molecule has 1 N–H and O–H groups in total. The van der Waals surface area contributed by atoms with Gasteiger partial charge in [0.2, 0.25) is 0 Å². The number of hydrogen-bond acceptors (Lipinski definition) is 4.